The van der Waals surface area contributed by atoms with Crippen LogP contribution in [0.1, 0.15) is 31.7 Å². The zero-order chi connectivity index (χ0) is 17.3. The van der Waals surface area contributed by atoms with Gasteiger partial charge in [-0.2, -0.15) is 0 Å². The van der Waals surface area contributed by atoms with Crippen LogP contribution < -0.4 is 15.4 Å². The number of amides is 1. The van der Waals surface area contributed by atoms with Crippen LogP contribution in [-0.4, -0.2) is 45.9 Å². The normalized spacial score (nSPS) is 16.6. The van der Waals surface area contributed by atoms with Crippen LogP contribution in [0.2, 0.25) is 0 Å². The van der Waals surface area contributed by atoms with E-state index in [2.05, 4.69) is 10.6 Å². The predicted molar refractivity (Wildman–Crippen MR) is 95.4 cm³/mol. The number of nitrogens with one attached hydrogen (secondary N) is 2. The lowest BCUT2D eigenvalue weighted by atomic mass is 9.79. The van der Waals surface area contributed by atoms with Gasteiger partial charge in [0, 0.05) is 25.5 Å². The Balaban J connectivity index is 1.82. The van der Waals surface area contributed by atoms with E-state index in [0.717, 1.165) is 37.2 Å². The van der Waals surface area contributed by atoms with Gasteiger partial charge < -0.3 is 20.1 Å². The topological polar surface area (TPSA) is 59.6 Å². The first-order chi connectivity index (χ1) is 11.7. The van der Waals surface area contributed by atoms with Crippen LogP contribution in [0.3, 0.4) is 0 Å². The number of rotatable bonds is 9. The zero-order valence-corrected chi connectivity index (χ0v) is 14.9. The molecule has 5 heteroatoms. The molecule has 134 valence electrons. The van der Waals surface area contributed by atoms with Gasteiger partial charge in [0.25, 0.3) is 0 Å². The minimum Gasteiger partial charge on any atom is -0.494 e. The Morgan fingerprint density at radius 1 is 1.29 bits per heavy atom. The maximum absolute atomic E-state index is 12.3. The van der Waals surface area contributed by atoms with Crippen molar-refractivity contribution in [1.82, 2.24) is 10.6 Å². The third kappa shape index (κ3) is 5.49. The van der Waals surface area contributed by atoms with Crippen LogP contribution in [0.5, 0.6) is 5.75 Å². The molecule has 0 unspecified atom stereocenters. The fourth-order valence-corrected chi connectivity index (χ4v) is 3.26. The SMILES string of the molecule is CCOc1ccccc1CCC(=O)NCC1(COC)CCNCC1. The van der Waals surface area contributed by atoms with Gasteiger partial charge in [-0.3, -0.25) is 4.79 Å². The molecule has 0 radical (unpaired) electrons. The summed E-state index contributed by atoms with van der Waals surface area (Å²) in [6.07, 6.45) is 3.24. The molecule has 1 aliphatic heterocycles. The van der Waals surface area contributed by atoms with Gasteiger partial charge >= 0.3 is 0 Å². The number of carbonyl (C=O) groups is 1. The van der Waals surface area contributed by atoms with Crippen LogP contribution in [-0.2, 0) is 16.0 Å². The molecule has 0 atom stereocenters. The van der Waals surface area contributed by atoms with Gasteiger partial charge in [0.1, 0.15) is 5.75 Å². The van der Waals surface area contributed by atoms with Gasteiger partial charge in [0.05, 0.1) is 13.2 Å². The van der Waals surface area contributed by atoms with Crippen LogP contribution >= 0.6 is 0 Å². The minimum absolute atomic E-state index is 0.0683. The Kier molecular flexibility index (Phi) is 7.53. The van der Waals surface area contributed by atoms with Crippen molar-refractivity contribution in [3.63, 3.8) is 0 Å². The maximum Gasteiger partial charge on any atom is 0.220 e. The van der Waals surface area contributed by atoms with E-state index in [9.17, 15) is 4.79 Å². The third-order valence-electron chi connectivity index (χ3n) is 4.67. The Morgan fingerprint density at radius 2 is 2.04 bits per heavy atom. The van der Waals surface area contributed by atoms with E-state index in [1.54, 1.807) is 7.11 Å². The Morgan fingerprint density at radius 3 is 2.75 bits per heavy atom. The number of benzene rings is 1. The Hall–Kier alpha value is -1.59. The van der Waals surface area contributed by atoms with Crippen molar-refractivity contribution >= 4 is 5.91 Å². The second-order valence-corrected chi connectivity index (χ2v) is 6.50. The molecule has 0 saturated carbocycles. The van der Waals surface area contributed by atoms with Crippen molar-refractivity contribution in [2.45, 2.75) is 32.6 Å². The molecule has 0 aliphatic carbocycles. The number of hydrogen-bond donors (Lipinski definition) is 2. The van der Waals surface area contributed by atoms with Crippen LogP contribution in [0.25, 0.3) is 0 Å². The average molecular weight is 334 g/mol. The monoisotopic (exact) mass is 334 g/mol. The molecule has 5 nitrogen and oxygen atoms in total. The summed E-state index contributed by atoms with van der Waals surface area (Å²) < 4.78 is 11.0. The van der Waals surface area contributed by atoms with Gasteiger partial charge in [-0.15, -0.1) is 0 Å². The molecule has 0 aromatic heterocycles. The molecular weight excluding hydrogens is 304 g/mol. The van der Waals surface area contributed by atoms with Gasteiger partial charge in [-0.1, -0.05) is 18.2 Å². The summed E-state index contributed by atoms with van der Waals surface area (Å²) in [5, 5.41) is 6.48. The number of hydrogen-bond acceptors (Lipinski definition) is 4. The molecular formula is C19H30N2O3. The first-order valence-electron chi connectivity index (χ1n) is 8.86. The summed E-state index contributed by atoms with van der Waals surface area (Å²) in [6.45, 7) is 5.97. The van der Waals surface area contributed by atoms with E-state index in [-0.39, 0.29) is 11.3 Å². The van der Waals surface area contributed by atoms with Gasteiger partial charge in [0.15, 0.2) is 0 Å². The van der Waals surface area contributed by atoms with Gasteiger partial charge in [0.2, 0.25) is 5.91 Å². The summed E-state index contributed by atoms with van der Waals surface area (Å²) in [6, 6.07) is 7.93. The van der Waals surface area contributed by atoms with Crippen molar-refractivity contribution in [2.75, 3.05) is 40.0 Å². The second-order valence-electron chi connectivity index (χ2n) is 6.50. The van der Waals surface area contributed by atoms with Crippen LogP contribution in [0.15, 0.2) is 24.3 Å². The van der Waals surface area contributed by atoms with Crippen molar-refractivity contribution in [3.8, 4) is 5.75 Å². The average Bonchev–Trinajstić information content (AvgIpc) is 2.61. The van der Waals surface area contributed by atoms with Crippen molar-refractivity contribution in [2.24, 2.45) is 5.41 Å². The molecule has 1 amide bonds. The third-order valence-corrected chi connectivity index (χ3v) is 4.67. The number of piperidine rings is 1. The minimum atomic E-state index is 0.0683. The van der Waals surface area contributed by atoms with E-state index in [1.807, 2.05) is 31.2 Å². The van der Waals surface area contributed by atoms with Crippen LogP contribution in [0.4, 0.5) is 0 Å². The van der Waals surface area contributed by atoms with E-state index < -0.39 is 0 Å². The molecule has 2 rings (SSSR count). The number of ether oxygens (including phenoxy) is 2. The van der Waals surface area contributed by atoms with Crippen molar-refractivity contribution < 1.29 is 14.3 Å². The lowest BCUT2D eigenvalue weighted by Gasteiger charge is -2.37. The second kappa shape index (κ2) is 9.64. The smallest absolute Gasteiger partial charge is 0.220 e. The predicted octanol–water partition coefficient (Wildman–Crippen LogP) is 2.15. The van der Waals surface area contributed by atoms with Crippen LogP contribution in [0, 0.1) is 5.41 Å². The van der Waals surface area contributed by atoms with Crippen molar-refractivity contribution in [3.05, 3.63) is 29.8 Å². The fourth-order valence-electron chi connectivity index (χ4n) is 3.26. The number of para-hydroxylation sites is 1. The Bertz CT molecular complexity index is 508. The highest BCUT2D eigenvalue weighted by atomic mass is 16.5. The molecule has 1 heterocycles. The number of methoxy groups -OCH3 is 1. The molecule has 24 heavy (non-hydrogen) atoms. The lowest BCUT2D eigenvalue weighted by Crippen LogP contribution is -2.47. The summed E-state index contributed by atoms with van der Waals surface area (Å²) >= 11 is 0. The highest BCUT2D eigenvalue weighted by Gasteiger charge is 2.32. The highest BCUT2D eigenvalue weighted by molar-refractivity contribution is 5.76. The molecule has 0 bridgehead atoms. The fraction of sp³-hybridized carbons (Fsp3) is 0.632. The van der Waals surface area contributed by atoms with E-state index in [4.69, 9.17) is 9.47 Å². The summed E-state index contributed by atoms with van der Waals surface area (Å²) in [5.41, 5.74) is 1.15. The summed E-state index contributed by atoms with van der Waals surface area (Å²) in [4.78, 5) is 12.3. The first-order valence-corrected chi connectivity index (χ1v) is 8.86. The Labute approximate surface area is 145 Å². The summed E-state index contributed by atoms with van der Waals surface area (Å²) in [5.74, 6) is 0.970. The summed E-state index contributed by atoms with van der Waals surface area (Å²) in [7, 11) is 1.73. The van der Waals surface area contributed by atoms with Crippen molar-refractivity contribution in [1.29, 1.82) is 0 Å². The van der Waals surface area contributed by atoms with E-state index in [0.29, 0.717) is 32.6 Å². The lowest BCUT2D eigenvalue weighted by molar-refractivity contribution is -0.122. The standard InChI is InChI=1S/C19H30N2O3/c1-3-24-17-7-5-4-6-16(17)8-9-18(22)21-14-19(15-23-2)10-12-20-13-11-19/h4-7,20H,3,8-15H2,1-2H3,(H,21,22). The molecule has 1 saturated heterocycles. The molecule has 1 aromatic rings. The van der Waals surface area contributed by atoms with Gasteiger partial charge in [-0.05, 0) is 50.9 Å². The van der Waals surface area contributed by atoms with Gasteiger partial charge in [-0.25, -0.2) is 0 Å². The van der Waals surface area contributed by atoms with E-state index in [1.165, 1.54) is 0 Å². The number of aryl methyl sites for hydroxylation is 1. The quantitative estimate of drug-likeness (QED) is 0.726. The molecule has 1 aliphatic rings. The number of carbonyl (C=O) groups excluding carboxylic acids is 1. The van der Waals surface area contributed by atoms with E-state index >= 15 is 0 Å². The maximum atomic E-state index is 12.3. The molecule has 0 spiro atoms. The highest BCUT2D eigenvalue weighted by Crippen LogP contribution is 2.28. The molecule has 1 aromatic carbocycles. The first kappa shape index (κ1) is 18.7. The molecule has 2 N–H and O–H groups in total. The zero-order valence-electron chi connectivity index (χ0n) is 14.9. The largest absolute Gasteiger partial charge is 0.494 e. The molecule has 1 fully saturated rings.